The molecule has 51 heavy (non-hydrogen) atoms. The number of hydrogen-bond acceptors (Lipinski definition) is 8. The summed E-state index contributed by atoms with van der Waals surface area (Å²) in [6.45, 7) is 9.94. The highest BCUT2D eigenvalue weighted by atomic mass is 16.5. The Morgan fingerprint density at radius 3 is 1.29 bits per heavy atom. The van der Waals surface area contributed by atoms with Gasteiger partial charge in [-0.25, -0.2) is 0 Å². The lowest BCUT2D eigenvalue weighted by Gasteiger charge is -2.35. The molecular weight excluding hydrogens is 644 g/mol. The first-order valence-corrected chi connectivity index (χ1v) is 20.3. The summed E-state index contributed by atoms with van der Waals surface area (Å²) in [6.07, 6.45) is 28.9. The van der Waals surface area contributed by atoms with Gasteiger partial charge in [-0.2, -0.15) is 0 Å². The van der Waals surface area contributed by atoms with Crippen LogP contribution in [0.4, 0.5) is 0 Å². The summed E-state index contributed by atoms with van der Waals surface area (Å²) in [5, 5.41) is 3.20. The van der Waals surface area contributed by atoms with Crippen LogP contribution in [0, 0.1) is 0 Å². The van der Waals surface area contributed by atoms with Crippen molar-refractivity contribution < 1.29 is 33.4 Å². The van der Waals surface area contributed by atoms with Crippen molar-refractivity contribution >= 4 is 23.8 Å². The predicted octanol–water partition coefficient (Wildman–Crippen LogP) is 9.10. The molecule has 1 aliphatic rings. The second kappa shape index (κ2) is 31.8. The third-order valence-corrected chi connectivity index (χ3v) is 9.25. The minimum atomic E-state index is -0.976. The van der Waals surface area contributed by atoms with Crippen LogP contribution in [0.5, 0.6) is 0 Å². The maximum Gasteiger partial charge on any atom is 0.305 e. The molecule has 1 saturated heterocycles. The molecule has 0 aromatic carbocycles. The highest BCUT2D eigenvalue weighted by molar-refractivity contribution is 5.78. The number of carbonyl (C=O) groups excluding carboxylic acids is 4. The van der Waals surface area contributed by atoms with Crippen LogP contribution in [-0.2, 0) is 33.4 Å². The number of nitrogens with one attached hydrogen (secondary N) is 1. The van der Waals surface area contributed by atoms with Gasteiger partial charge in [-0.15, -0.1) is 0 Å². The van der Waals surface area contributed by atoms with Crippen molar-refractivity contribution in [3.8, 4) is 0 Å². The molecule has 1 heterocycles. The summed E-state index contributed by atoms with van der Waals surface area (Å²) in [4.78, 5) is 54.5. The van der Waals surface area contributed by atoms with Crippen molar-refractivity contribution in [1.82, 2.24) is 10.2 Å². The number of rotatable bonds is 31. The Labute approximate surface area is 310 Å². The lowest BCUT2D eigenvalue weighted by atomic mass is 9.83. The van der Waals surface area contributed by atoms with Crippen LogP contribution in [0.1, 0.15) is 162 Å². The van der Waals surface area contributed by atoms with Gasteiger partial charge in [0.2, 0.25) is 5.91 Å². The Morgan fingerprint density at radius 1 is 0.549 bits per heavy atom. The second-order valence-corrected chi connectivity index (χ2v) is 13.8. The number of esters is 3. The molecule has 0 unspecified atom stereocenters. The summed E-state index contributed by atoms with van der Waals surface area (Å²) < 4.78 is 16.6. The monoisotopic (exact) mass is 717 g/mol. The van der Waals surface area contributed by atoms with Gasteiger partial charge in [-0.3, -0.25) is 19.2 Å². The van der Waals surface area contributed by atoms with Crippen molar-refractivity contribution in [2.45, 2.75) is 168 Å². The molecule has 9 heteroatoms. The summed E-state index contributed by atoms with van der Waals surface area (Å²) in [5.74, 6) is -1.24. The average molecular weight is 717 g/mol. The largest absolute Gasteiger partial charge is 0.465 e. The number of amides is 1. The van der Waals surface area contributed by atoms with Crippen molar-refractivity contribution in [2.75, 3.05) is 39.5 Å². The maximum absolute atomic E-state index is 13.5. The smallest absolute Gasteiger partial charge is 0.305 e. The van der Waals surface area contributed by atoms with Gasteiger partial charge in [0.05, 0.1) is 19.8 Å². The molecule has 0 atom stereocenters. The van der Waals surface area contributed by atoms with Crippen molar-refractivity contribution in [3.63, 3.8) is 0 Å². The molecular formula is C42H72N2O7. The van der Waals surface area contributed by atoms with E-state index in [0.29, 0.717) is 32.2 Å². The molecule has 0 bridgehead atoms. The molecule has 0 radical (unpaired) electrons. The number of allylic oxidation sites excluding steroid dienone is 3. The van der Waals surface area contributed by atoms with Gasteiger partial charge >= 0.3 is 17.9 Å². The van der Waals surface area contributed by atoms with E-state index in [2.05, 4.69) is 49.2 Å². The Balaban J connectivity index is 2.96. The van der Waals surface area contributed by atoms with E-state index in [4.69, 9.17) is 14.2 Å². The van der Waals surface area contributed by atoms with E-state index in [0.717, 1.165) is 83.7 Å². The quantitative estimate of drug-likeness (QED) is 0.0327. The number of unbranched alkanes of at least 4 members (excludes halogenated alkanes) is 6. The molecule has 1 N–H and O–H groups in total. The fourth-order valence-electron chi connectivity index (χ4n) is 6.00. The van der Waals surface area contributed by atoms with Gasteiger partial charge in [0.15, 0.2) is 0 Å². The zero-order valence-electron chi connectivity index (χ0n) is 32.6. The first kappa shape index (κ1) is 46.1. The SMILES string of the molecule is CCCC/C=C\CCOC(=O)CCC(CCC(=O)OCC/C=C\CCCC)(CCC(=O)OCC/C=C\CCCC)NC(=O)CCN1CCCCC1. The van der Waals surface area contributed by atoms with E-state index >= 15 is 0 Å². The first-order valence-electron chi connectivity index (χ1n) is 20.3. The van der Waals surface area contributed by atoms with Crippen LogP contribution in [0.3, 0.4) is 0 Å². The van der Waals surface area contributed by atoms with Crippen LogP contribution >= 0.6 is 0 Å². The summed E-state index contributed by atoms with van der Waals surface area (Å²) in [6, 6.07) is 0. The third-order valence-electron chi connectivity index (χ3n) is 9.25. The summed E-state index contributed by atoms with van der Waals surface area (Å²) >= 11 is 0. The van der Waals surface area contributed by atoms with Crippen molar-refractivity contribution in [2.24, 2.45) is 0 Å². The molecule has 9 nitrogen and oxygen atoms in total. The number of piperidine rings is 1. The molecule has 0 saturated carbocycles. The van der Waals surface area contributed by atoms with Gasteiger partial charge in [0.25, 0.3) is 0 Å². The molecule has 1 aliphatic heterocycles. The van der Waals surface area contributed by atoms with Gasteiger partial charge < -0.3 is 24.4 Å². The van der Waals surface area contributed by atoms with Gasteiger partial charge in [0, 0.05) is 37.8 Å². The maximum atomic E-state index is 13.5. The van der Waals surface area contributed by atoms with Gasteiger partial charge in [0.1, 0.15) is 0 Å². The second-order valence-electron chi connectivity index (χ2n) is 13.8. The Hall–Kier alpha value is -2.94. The minimum Gasteiger partial charge on any atom is -0.465 e. The van der Waals surface area contributed by atoms with Crippen LogP contribution in [-0.4, -0.2) is 73.7 Å². The van der Waals surface area contributed by atoms with Gasteiger partial charge in [-0.05, 0) is 83.7 Å². The highest BCUT2D eigenvalue weighted by Gasteiger charge is 2.34. The molecule has 0 aliphatic carbocycles. The van der Waals surface area contributed by atoms with Crippen LogP contribution in [0.2, 0.25) is 0 Å². The van der Waals surface area contributed by atoms with Gasteiger partial charge in [-0.1, -0.05) is 102 Å². The predicted molar refractivity (Wildman–Crippen MR) is 206 cm³/mol. The summed E-state index contributed by atoms with van der Waals surface area (Å²) in [7, 11) is 0. The molecule has 1 fully saturated rings. The molecule has 0 aromatic heterocycles. The van der Waals surface area contributed by atoms with Crippen LogP contribution < -0.4 is 5.32 Å². The standard InChI is InChI=1S/C42H72N2O7/c1-4-7-10-13-16-22-35-49-39(46)25-29-42(43-38(45)28-34-44-32-20-19-21-33-44,30-26-40(47)50-36-23-17-14-11-8-5-2)31-27-41(48)51-37-24-18-15-12-9-6-3/h13-18H,4-12,19-37H2,1-3H3,(H,43,45)/b16-13-,17-14-,18-15-. The molecule has 0 aromatic rings. The topological polar surface area (TPSA) is 111 Å². The lowest BCUT2D eigenvalue weighted by Crippen LogP contribution is -2.50. The van der Waals surface area contributed by atoms with E-state index in [1.54, 1.807) is 0 Å². The van der Waals surface area contributed by atoms with E-state index in [-0.39, 0.29) is 82.2 Å². The first-order chi connectivity index (χ1) is 24.8. The number of hydrogen-bond donors (Lipinski definition) is 1. The number of nitrogens with zero attached hydrogens (tertiary/aromatic N) is 1. The van der Waals surface area contributed by atoms with E-state index in [1.807, 2.05) is 18.2 Å². The normalized spacial score (nSPS) is 14.0. The summed E-state index contributed by atoms with van der Waals surface area (Å²) in [5.41, 5.74) is -0.976. The average Bonchev–Trinajstić information content (AvgIpc) is 3.13. The number of likely N-dealkylation sites (tertiary alicyclic amines) is 1. The Bertz CT molecular complexity index is 919. The third kappa shape index (κ3) is 26.5. The fraction of sp³-hybridized carbons (Fsp3) is 0.762. The van der Waals surface area contributed by atoms with Crippen molar-refractivity contribution in [1.29, 1.82) is 0 Å². The Kier molecular flexibility index (Phi) is 28.7. The number of ether oxygens (including phenoxy) is 3. The minimum absolute atomic E-state index is 0.0567. The highest BCUT2D eigenvalue weighted by Crippen LogP contribution is 2.27. The zero-order chi connectivity index (χ0) is 37.3. The molecule has 1 amide bonds. The fourth-order valence-corrected chi connectivity index (χ4v) is 6.00. The van der Waals surface area contributed by atoms with E-state index < -0.39 is 5.54 Å². The number of carbonyl (C=O) groups is 4. The Morgan fingerprint density at radius 2 is 0.922 bits per heavy atom. The van der Waals surface area contributed by atoms with Crippen LogP contribution in [0.25, 0.3) is 0 Å². The lowest BCUT2D eigenvalue weighted by molar-refractivity contribution is -0.145. The van der Waals surface area contributed by atoms with Crippen molar-refractivity contribution in [3.05, 3.63) is 36.5 Å². The molecule has 0 spiro atoms. The van der Waals surface area contributed by atoms with E-state index in [9.17, 15) is 19.2 Å². The molecule has 1 rings (SSSR count). The van der Waals surface area contributed by atoms with E-state index in [1.165, 1.54) is 6.42 Å². The van der Waals surface area contributed by atoms with Crippen LogP contribution in [0.15, 0.2) is 36.5 Å². The molecule has 292 valence electrons. The zero-order valence-corrected chi connectivity index (χ0v) is 32.6.